The summed E-state index contributed by atoms with van der Waals surface area (Å²) < 4.78 is 0. The number of hydrogen-bond acceptors (Lipinski definition) is 1. The van der Waals surface area contributed by atoms with E-state index in [1.165, 1.54) is 6.07 Å². The average molecular weight is 169 g/mol. The molecule has 1 aromatic heterocycles. The third kappa shape index (κ3) is 3.55. The van der Waals surface area contributed by atoms with Crippen LogP contribution in [-0.4, -0.2) is 56.4 Å². The molecule has 2 nitrogen and oxygen atoms in total. The quantitative estimate of drug-likeness (QED) is 0.448. The largest absolute Gasteiger partial charge is 0.313 e. The zero-order valence-corrected chi connectivity index (χ0v) is 8.90. The fraction of sp³-hybridized carbons (Fsp3) is 0. The number of pyridine rings is 1. The van der Waals surface area contributed by atoms with Crippen molar-refractivity contribution < 1.29 is 0 Å². The average Bonchev–Trinajstić information content (AvgIpc) is 1.64. The number of nitrogens with one attached hydrogen (secondary N) is 1. The Morgan fingerprint density at radius 1 is 1.44 bits per heavy atom. The topological polar surface area (TPSA) is 32.9 Å². The summed E-state index contributed by atoms with van der Waals surface area (Å²) in [6, 6.07) is 4.62. The van der Waals surface area contributed by atoms with Gasteiger partial charge in [0, 0.05) is 57.5 Å². The molecule has 1 heterocycles. The van der Waals surface area contributed by atoms with Crippen molar-refractivity contribution in [2.24, 2.45) is 0 Å². The molecule has 0 bridgehead atoms. The first-order valence-electron chi connectivity index (χ1n) is 2.14. The van der Waals surface area contributed by atoms with Crippen LogP contribution in [0.3, 0.4) is 0 Å². The van der Waals surface area contributed by atoms with Crippen molar-refractivity contribution in [1.82, 2.24) is 4.98 Å². The van der Waals surface area contributed by atoms with Gasteiger partial charge in [0.25, 0.3) is 0 Å². The van der Waals surface area contributed by atoms with Gasteiger partial charge in [0.15, 0.2) is 0 Å². The predicted octanol–water partition coefficient (Wildman–Crippen LogP) is 0.647. The molecule has 0 atom stereocenters. The molecule has 0 aliphatic heterocycles. The van der Waals surface area contributed by atoms with Crippen LogP contribution in [0, 0.1) is 0 Å². The Labute approximate surface area is 100 Å². The minimum atomic E-state index is -0.169. The predicted molar refractivity (Wildman–Crippen MR) is 37.8 cm³/mol. The molecule has 0 fully saturated rings. The number of rotatable bonds is 0. The van der Waals surface area contributed by atoms with Gasteiger partial charge in [-0.1, -0.05) is 17.7 Å². The van der Waals surface area contributed by atoms with Crippen LogP contribution >= 0.6 is 11.6 Å². The third-order valence-corrected chi connectivity index (χ3v) is 0.953. The van der Waals surface area contributed by atoms with Crippen molar-refractivity contribution in [3.8, 4) is 0 Å². The molecule has 0 unspecified atom stereocenters. The van der Waals surface area contributed by atoms with Crippen LogP contribution in [-0.2, 0) is 0 Å². The molecule has 0 aromatic carbocycles. The van der Waals surface area contributed by atoms with E-state index in [1.54, 1.807) is 12.1 Å². The molecule has 4 heteroatoms. The summed E-state index contributed by atoms with van der Waals surface area (Å²) in [4.78, 5) is 12.7. The van der Waals surface area contributed by atoms with Crippen molar-refractivity contribution >= 4 is 63.0 Å². The minimum Gasteiger partial charge on any atom is -0.313 e. The Morgan fingerprint density at radius 2 is 2.11 bits per heavy atom. The van der Waals surface area contributed by atoms with Gasteiger partial charge in [0.05, 0.1) is 0 Å². The molecule has 0 saturated carbocycles. The molecular formula is C5H4ClKNO. The van der Waals surface area contributed by atoms with Gasteiger partial charge in [0.2, 0.25) is 5.56 Å². The fourth-order valence-electron chi connectivity index (χ4n) is 0.421. The van der Waals surface area contributed by atoms with E-state index in [1.807, 2.05) is 0 Å². The van der Waals surface area contributed by atoms with Crippen LogP contribution in [0.15, 0.2) is 23.0 Å². The van der Waals surface area contributed by atoms with Gasteiger partial charge in [-0.2, -0.15) is 0 Å². The van der Waals surface area contributed by atoms with Crippen LogP contribution in [0.4, 0.5) is 0 Å². The Kier molecular flexibility index (Phi) is 5.11. The molecule has 1 radical (unpaired) electrons. The van der Waals surface area contributed by atoms with E-state index in [0.717, 1.165) is 0 Å². The molecule has 1 rings (SSSR count). The van der Waals surface area contributed by atoms with Gasteiger partial charge in [0.1, 0.15) is 5.15 Å². The van der Waals surface area contributed by atoms with Crippen molar-refractivity contribution in [2.75, 3.05) is 0 Å². The van der Waals surface area contributed by atoms with E-state index < -0.39 is 0 Å². The Hall–Kier alpha value is 0.876. The molecule has 0 aliphatic carbocycles. The summed E-state index contributed by atoms with van der Waals surface area (Å²) in [5.41, 5.74) is -0.169. The Balaban J connectivity index is 0.000000640. The van der Waals surface area contributed by atoms with Gasteiger partial charge >= 0.3 is 0 Å². The first kappa shape index (κ1) is 9.88. The summed E-state index contributed by atoms with van der Waals surface area (Å²) in [5.74, 6) is 0. The van der Waals surface area contributed by atoms with Crippen molar-refractivity contribution in [1.29, 1.82) is 0 Å². The van der Waals surface area contributed by atoms with Crippen LogP contribution < -0.4 is 5.56 Å². The fourth-order valence-corrected chi connectivity index (χ4v) is 0.587. The maximum absolute atomic E-state index is 10.4. The SMILES string of the molecule is O=c1cccc(Cl)[nH]1.[K]. The van der Waals surface area contributed by atoms with E-state index in [2.05, 4.69) is 4.98 Å². The molecule has 9 heavy (non-hydrogen) atoms. The number of aromatic amines is 1. The van der Waals surface area contributed by atoms with Gasteiger partial charge in [-0.25, -0.2) is 0 Å². The standard InChI is InChI=1S/C5H4ClNO.K/c6-4-2-1-3-5(8)7-4;/h1-3H,(H,7,8);. The molecule has 1 aromatic rings. The first-order chi connectivity index (χ1) is 3.79. The van der Waals surface area contributed by atoms with Crippen LogP contribution in [0.1, 0.15) is 0 Å². The third-order valence-electron chi connectivity index (χ3n) is 0.733. The number of aromatic nitrogens is 1. The van der Waals surface area contributed by atoms with Crippen LogP contribution in [0.2, 0.25) is 5.15 Å². The summed E-state index contributed by atoms with van der Waals surface area (Å²) >= 11 is 5.39. The Bertz CT molecular complexity index is 234. The molecular weight excluding hydrogens is 165 g/mol. The van der Waals surface area contributed by atoms with Crippen molar-refractivity contribution in [3.63, 3.8) is 0 Å². The summed E-state index contributed by atoms with van der Waals surface area (Å²) in [6.07, 6.45) is 0. The molecule has 0 saturated heterocycles. The van der Waals surface area contributed by atoms with E-state index in [-0.39, 0.29) is 56.9 Å². The van der Waals surface area contributed by atoms with E-state index in [9.17, 15) is 4.79 Å². The van der Waals surface area contributed by atoms with Gasteiger partial charge < -0.3 is 4.98 Å². The van der Waals surface area contributed by atoms with E-state index >= 15 is 0 Å². The number of H-pyrrole nitrogens is 1. The van der Waals surface area contributed by atoms with E-state index in [0.29, 0.717) is 5.15 Å². The zero-order valence-electron chi connectivity index (χ0n) is 5.02. The monoisotopic (exact) mass is 168 g/mol. The van der Waals surface area contributed by atoms with Crippen LogP contribution in [0.5, 0.6) is 0 Å². The molecule has 0 amide bonds. The molecule has 43 valence electrons. The number of hydrogen-bond donors (Lipinski definition) is 1. The maximum atomic E-state index is 10.4. The molecule has 1 N–H and O–H groups in total. The molecule has 0 spiro atoms. The second-order valence-electron chi connectivity index (χ2n) is 1.36. The normalized spacial score (nSPS) is 8.11. The zero-order chi connectivity index (χ0) is 5.98. The second-order valence-corrected chi connectivity index (χ2v) is 1.77. The van der Waals surface area contributed by atoms with Gasteiger partial charge in [-0.3, -0.25) is 4.79 Å². The second kappa shape index (κ2) is 4.65. The van der Waals surface area contributed by atoms with Gasteiger partial charge in [-0.15, -0.1) is 0 Å². The summed E-state index contributed by atoms with van der Waals surface area (Å²) in [7, 11) is 0. The smallest absolute Gasteiger partial charge is 0.249 e. The van der Waals surface area contributed by atoms with Crippen LogP contribution in [0.25, 0.3) is 0 Å². The number of halogens is 1. The van der Waals surface area contributed by atoms with E-state index in [4.69, 9.17) is 11.6 Å². The maximum Gasteiger partial charge on any atom is 0.249 e. The van der Waals surface area contributed by atoms with Crippen molar-refractivity contribution in [3.05, 3.63) is 33.7 Å². The summed E-state index contributed by atoms with van der Waals surface area (Å²) in [5, 5.41) is 0.373. The molecule has 0 aliphatic rings. The Morgan fingerprint density at radius 3 is 2.44 bits per heavy atom. The van der Waals surface area contributed by atoms with Crippen molar-refractivity contribution in [2.45, 2.75) is 0 Å². The minimum absolute atomic E-state index is 0. The van der Waals surface area contributed by atoms with Gasteiger partial charge in [-0.05, 0) is 6.07 Å². The first-order valence-corrected chi connectivity index (χ1v) is 2.52. The summed E-state index contributed by atoms with van der Waals surface area (Å²) in [6.45, 7) is 0.